The van der Waals surface area contributed by atoms with E-state index < -0.39 is 15.3 Å². The van der Waals surface area contributed by atoms with Gasteiger partial charge in [-0.1, -0.05) is 12.8 Å². The second kappa shape index (κ2) is 7.63. The highest BCUT2D eigenvalue weighted by Crippen LogP contribution is 2.00. The number of sulfonamides is 1. The molecule has 0 saturated carbocycles. The van der Waals surface area contributed by atoms with Crippen molar-refractivity contribution in [2.45, 2.75) is 37.9 Å². The zero-order chi connectivity index (χ0) is 11.7. The summed E-state index contributed by atoms with van der Waals surface area (Å²) in [5, 5.41) is 16.0. The number of nitrogens with zero attached hydrogens (tertiary/aromatic N) is 1. The van der Waals surface area contributed by atoms with E-state index in [1.165, 1.54) is 6.92 Å². The Morgan fingerprint density at radius 3 is 2.47 bits per heavy atom. The lowest BCUT2D eigenvalue weighted by Gasteiger charge is -2.07. The molecule has 0 aromatic rings. The average molecular weight is 234 g/mol. The highest BCUT2D eigenvalue weighted by molar-refractivity contribution is 7.90. The monoisotopic (exact) mass is 234 g/mol. The van der Waals surface area contributed by atoms with Gasteiger partial charge < -0.3 is 5.11 Å². The van der Waals surface area contributed by atoms with Gasteiger partial charge in [0.1, 0.15) is 0 Å². The second-order valence-electron chi connectivity index (χ2n) is 3.35. The molecule has 0 spiro atoms. The fourth-order valence-electron chi connectivity index (χ4n) is 0.999. The van der Waals surface area contributed by atoms with Gasteiger partial charge in [0.25, 0.3) is 0 Å². The Hall–Kier alpha value is -0.640. The van der Waals surface area contributed by atoms with E-state index in [9.17, 15) is 8.42 Å². The van der Waals surface area contributed by atoms with Crippen LogP contribution in [-0.2, 0) is 10.0 Å². The van der Waals surface area contributed by atoms with Crippen LogP contribution in [-0.4, -0.2) is 31.9 Å². The van der Waals surface area contributed by atoms with Crippen LogP contribution in [0.1, 0.15) is 32.6 Å². The van der Waals surface area contributed by atoms with Gasteiger partial charge in [-0.05, 0) is 19.8 Å². The Labute approximate surface area is 91.2 Å². The quantitative estimate of drug-likeness (QED) is 0.594. The van der Waals surface area contributed by atoms with Crippen molar-refractivity contribution in [3.05, 3.63) is 0 Å². The van der Waals surface area contributed by atoms with Crippen molar-refractivity contribution in [1.29, 1.82) is 5.26 Å². The molecule has 2 N–H and O–H groups in total. The molecule has 0 aliphatic carbocycles. The summed E-state index contributed by atoms with van der Waals surface area (Å²) in [6.45, 7) is 1.89. The van der Waals surface area contributed by atoms with Crippen molar-refractivity contribution >= 4 is 10.0 Å². The Balaban J connectivity index is 3.64. The number of aliphatic hydroxyl groups is 1. The minimum atomic E-state index is -3.46. The van der Waals surface area contributed by atoms with Gasteiger partial charge >= 0.3 is 0 Å². The fraction of sp³-hybridized carbons (Fsp3) is 0.889. The number of aliphatic hydroxyl groups excluding tert-OH is 1. The highest BCUT2D eigenvalue weighted by Gasteiger charge is 2.18. The Morgan fingerprint density at radius 2 is 1.93 bits per heavy atom. The first kappa shape index (κ1) is 14.4. The fourth-order valence-corrected chi connectivity index (χ4v) is 1.82. The minimum Gasteiger partial charge on any atom is -0.396 e. The van der Waals surface area contributed by atoms with E-state index in [-0.39, 0.29) is 6.61 Å². The lowest BCUT2D eigenvalue weighted by atomic mass is 10.2. The summed E-state index contributed by atoms with van der Waals surface area (Å²) >= 11 is 0. The number of nitriles is 1. The summed E-state index contributed by atoms with van der Waals surface area (Å²) in [5.74, 6) is 0. The maximum Gasteiger partial charge on any atom is 0.227 e. The van der Waals surface area contributed by atoms with Crippen LogP contribution < -0.4 is 4.72 Å². The Bertz CT molecular complexity index is 295. The topological polar surface area (TPSA) is 90.2 Å². The molecule has 88 valence electrons. The zero-order valence-electron chi connectivity index (χ0n) is 8.94. The molecule has 0 radical (unpaired) electrons. The van der Waals surface area contributed by atoms with Crippen molar-refractivity contribution < 1.29 is 13.5 Å². The SMILES string of the molecule is CC(C#N)S(=O)(=O)NCCCCCCO. The van der Waals surface area contributed by atoms with Crippen molar-refractivity contribution in [2.24, 2.45) is 0 Å². The summed E-state index contributed by atoms with van der Waals surface area (Å²) in [7, 11) is -3.46. The van der Waals surface area contributed by atoms with Crippen molar-refractivity contribution in [2.75, 3.05) is 13.2 Å². The van der Waals surface area contributed by atoms with Crippen LogP contribution >= 0.6 is 0 Å². The third kappa shape index (κ3) is 6.44. The third-order valence-electron chi connectivity index (χ3n) is 2.04. The lowest BCUT2D eigenvalue weighted by Crippen LogP contribution is -2.32. The molecule has 15 heavy (non-hydrogen) atoms. The molecule has 5 nitrogen and oxygen atoms in total. The van der Waals surface area contributed by atoms with Crippen molar-refractivity contribution in [3.8, 4) is 6.07 Å². The molecular weight excluding hydrogens is 216 g/mol. The first-order chi connectivity index (χ1) is 7.04. The molecule has 1 atom stereocenters. The lowest BCUT2D eigenvalue weighted by molar-refractivity contribution is 0.282. The van der Waals surface area contributed by atoms with Crippen LogP contribution in [0.15, 0.2) is 0 Å². The number of hydrogen-bond donors (Lipinski definition) is 2. The predicted octanol–water partition coefficient (Wildman–Crippen LogP) is 0.371. The zero-order valence-corrected chi connectivity index (χ0v) is 9.76. The van der Waals surface area contributed by atoms with Gasteiger partial charge in [-0.2, -0.15) is 5.26 Å². The smallest absolute Gasteiger partial charge is 0.227 e. The summed E-state index contributed by atoms with van der Waals surface area (Å²) in [6, 6.07) is 1.68. The molecule has 0 fully saturated rings. The van der Waals surface area contributed by atoms with Crippen LogP contribution in [0.5, 0.6) is 0 Å². The molecule has 0 bridgehead atoms. The van der Waals surface area contributed by atoms with Gasteiger partial charge in [-0.15, -0.1) is 0 Å². The summed E-state index contributed by atoms with van der Waals surface area (Å²) in [6.07, 6.45) is 3.26. The van der Waals surface area contributed by atoms with Crippen LogP contribution in [0.3, 0.4) is 0 Å². The van der Waals surface area contributed by atoms with Gasteiger partial charge in [0.05, 0.1) is 6.07 Å². The van der Waals surface area contributed by atoms with E-state index in [1.54, 1.807) is 6.07 Å². The Kier molecular flexibility index (Phi) is 7.30. The number of hydrogen-bond acceptors (Lipinski definition) is 4. The number of nitrogens with one attached hydrogen (secondary N) is 1. The molecule has 0 aromatic carbocycles. The Morgan fingerprint density at radius 1 is 1.33 bits per heavy atom. The van der Waals surface area contributed by atoms with Crippen molar-refractivity contribution in [3.63, 3.8) is 0 Å². The van der Waals surface area contributed by atoms with Crippen LogP contribution in [0, 0.1) is 11.3 Å². The molecular formula is C9H18N2O3S. The normalized spacial score (nSPS) is 13.4. The summed E-state index contributed by atoms with van der Waals surface area (Å²) in [4.78, 5) is 0. The number of unbranched alkanes of at least 4 members (excludes halogenated alkanes) is 3. The molecule has 0 saturated heterocycles. The molecule has 0 aromatic heterocycles. The summed E-state index contributed by atoms with van der Waals surface area (Å²) < 4.78 is 24.9. The molecule has 0 amide bonds. The van der Waals surface area contributed by atoms with Crippen LogP contribution in [0.2, 0.25) is 0 Å². The average Bonchev–Trinajstić information content (AvgIpc) is 2.22. The van der Waals surface area contributed by atoms with E-state index in [4.69, 9.17) is 10.4 Å². The second-order valence-corrected chi connectivity index (χ2v) is 5.43. The molecule has 1 unspecified atom stereocenters. The first-order valence-electron chi connectivity index (χ1n) is 5.03. The van der Waals surface area contributed by atoms with Gasteiger partial charge in [0.15, 0.2) is 5.25 Å². The molecule has 0 aliphatic rings. The van der Waals surface area contributed by atoms with E-state index in [0.717, 1.165) is 25.7 Å². The van der Waals surface area contributed by atoms with Gasteiger partial charge in [-0.25, -0.2) is 13.1 Å². The van der Waals surface area contributed by atoms with Gasteiger partial charge in [0.2, 0.25) is 10.0 Å². The maximum absolute atomic E-state index is 11.3. The molecule has 0 aliphatic heterocycles. The number of rotatable bonds is 8. The van der Waals surface area contributed by atoms with Crippen LogP contribution in [0.4, 0.5) is 0 Å². The van der Waals surface area contributed by atoms with E-state index in [1.807, 2.05) is 0 Å². The summed E-state index contributed by atoms with van der Waals surface area (Å²) in [5.41, 5.74) is 0. The first-order valence-corrected chi connectivity index (χ1v) is 6.58. The largest absolute Gasteiger partial charge is 0.396 e. The minimum absolute atomic E-state index is 0.178. The van der Waals surface area contributed by atoms with Crippen molar-refractivity contribution in [1.82, 2.24) is 4.72 Å². The highest BCUT2D eigenvalue weighted by atomic mass is 32.2. The standard InChI is InChI=1S/C9H18N2O3S/c1-9(8-10)15(13,14)11-6-4-2-3-5-7-12/h9,11-12H,2-7H2,1H3. The third-order valence-corrected chi connectivity index (χ3v) is 3.68. The predicted molar refractivity (Wildman–Crippen MR) is 57.6 cm³/mol. The van der Waals surface area contributed by atoms with Crippen LogP contribution in [0.25, 0.3) is 0 Å². The molecule has 0 rings (SSSR count). The van der Waals surface area contributed by atoms with E-state index in [0.29, 0.717) is 6.54 Å². The van der Waals surface area contributed by atoms with E-state index in [2.05, 4.69) is 4.72 Å². The van der Waals surface area contributed by atoms with Gasteiger partial charge in [0, 0.05) is 13.2 Å². The maximum atomic E-state index is 11.3. The molecule has 0 heterocycles. The van der Waals surface area contributed by atoms with E-state index >= 15 is 0 Å². The molecule has 6 heteroatoms. The van der Waals surface area contributed by atoms with Gasteiger partial charge in [-0.3, -0.25) is 0 Å².